The third-order valence-electron chi connectivity index (χ3n) is 4.37. The molecule has 2 aromatic rings. The van der Waals surface area contributed by atoms with Gasteiger partial charge in [0.1, 0.15) is 6.54 Å². The van der Waals surface area contributed by atoms with Gasteiger partial charge in [-0.3, -0.25) is 9.10 Å². The molecule has 0 radical (unpaired) electrons. The summed E-state index contributed by atoms with van der Waals surface area (Å²) in [6, 6.07) is 10.3. The molecule has 0 saturated heterocycles. The maximum atomic E-state index is 12.7. The van der Waals surface area contributed by atoms with Crippen LogP contribution in [0.3, 0.4) is 0 Å². The van der Waals surface area contributed by atoms with Crippen molar-refractivity contribution in [1.82, 2.24) is 5.32 Å². The normalized spacial score (nSPS) is 12.5. The number of amides is 1. The van der Waals surface area contributed by atoms with Crippen LogP contribution in [-0.4, -0.2) is 27.1 Å². The van der Waals surface area contributed by atoms with Crippen LogP contribution in [0.2, 0.25) is 10.0 Å². The monoisotopic (exact) mass is 442 g/mol. The lowest BCUT2D eigenvalue weighted by Crippen LogP contribution is -2.41. The minimum absolute atomic E-state index is 0.211. The molecule has 0 aliphatic heterocycles. The Morgan fingerprint density at radius 2 is 1.71 bits per heavy atom. The van der Waals surface area contributed by atoms with E-state index in [-0.39, 0.29) is 18.3 Å². The maximum Gasteiger partial charge on any atom is 0.241 e. The first-order valence-corrected chi connectivity index (χ1v) is 11.4. The smallest absolute Gasteiger partial charge is 0.241 e. The van der Waals surface area contributed by atoms with Gasteiger partial charge >= 0.3 is 0 Å². The number of nitrogens with one attached hydrogen (secondary N) is 1. The van der Waals surface area contributed by atoms with Crippen LogP contribution in [0.5, 0.6) is 0 Å². The first kappa shape index (κ1) is 22.5. The standard InChI is InChI=1S/C20H24Cl2N2O3S/c1-5-19(18-7-6-13(2)8-14(18)3)23-20(25)12-24(28(4,26)27)17-10-15(21)9-16(22)11-17/h6-11,19H,5,12H2,1-4H3,(H,23,25)/t19-/m0/s1. The van der Waals surface area contributed by atoms with E-state index in [1.165, 1.54) is 18.2 Å². The summed E-state index contributed by atoms with van der Waals surface area (Å²) in [5.41, 5.74) is 3.48. The number of rotatable bonds is 7. The van der Waals surface area contributed by atoms with E-state index >= 15 is 0 Å². The van der Waals surface area contributed by atoms with Crippen LogP contribution in [0.1, 0.15) is 36.1 Å². The Hall–Kier alpha value is -1.76. The third-order valence-corrected chi connectivity index (χ3v) is 5.94. The second kappa shape index (κ2) is 9.16. The Balaban J connectivity index is 2.25. The van der Waals surface area contributed by atoms with Gasteiger partial charge in [-0.25, -0.2) is 8.42 Å². The van der Waals surface area contributed by atoms with Gasteiger partial charge in [-0.2, -0.15) is 0 Å². The van der Waals surface area contributed by atoms with Crippen molar-refractivity contribution in [2.24, 2.45) is 0 Å². The van der Waals surface area contributed by atoms with Gasteiger partial charge in [0.25, 0.3) is 0 Å². The van der Waals surface area contributed by atoms with E-state index in [1.54, 1.807) is 0 Å². The van der Waals surface area contributed by atoms with Gasteiger partial charge in [0, 0.05) is 10.0 Å². The predicted octanol–water partition coefficient (Wildman–Crippen LogP) is 4.64. The zero-order valence-corrected chi connectivity index (χ0v) is 18.6. The quantitative estimate of drug-likeness (QED) is 0.678. The highest BCUT2D eigenvalue weighted by molar-refractivity contribution is 7.92. The fraction of sp³-hybridized carbons (Fsp3) is 0.350. The summed E-state index contributed by atoms with van der Waals surface area (Å²) >= 11 is 12.0. The molecular weight excluding hydrogens is 419 g/mol. The molecule has 0 aliphatic carbocycles. The summed E-state index contributed by atoms with van der Waals surface area (Å²) in [6.07, 6.45) is 1.72. The molecular formula is C20H24Cl2N2O3S. The number of hydrogen-bond acceptors (Lipinski definition) is 3. The van der Waals surface area contributed by atoms with Gasteiger partial charge in [-0.15, -0.1) is 0 Å². The molecule has 2 aromatic carbocycles. The van der Waals surface area contributed by atoms with Crippen molar-refractivity contribution in [3.05, 3.63) is 63.1 Å². The minimum atomic E-state index is -3.71. The number of hydrogen-bond donors (Lipinski definition) is 1. The molecule has 2 rings (SSSR count). The Bertz CT molecular complexity index is 957. The predicted molar refractivity (Wildman–Crippen MR) is 116 cm³/mol. The van der Waals surface area contributed by atoms with Crippen molar-refractivity contribution in [2.75, 3.05) is 17.1 Å². The lowest BCUT2D eigenvalue weighted by atomic mass is 9.97. The third kappa shape index (κ3) is 5.87. The highest BCUT2D eigenvalue weighted by Gasteiger charge is 2.23. The average molecular weight is 443 g/mol. The summed E-state index contributed by atoms with van der Waals surface area (Å²) in [5, 5.41) is 3.51. The summed E-state index contributed by atoms with van der Waals surface area (Å²) in [7, 11) is -3.71. The van der Waals surface area contributed by atoms with Crippen molar-refractivity contribution in [3.63, 3.8) is 0 Å². The van der Waals surface area contributed by atoms with Crippen molar-refractivity contribution in [2.45, 2.75) is 33.2 Å². The molecule has 0 bridgehead atoms. The van der Waals surface area contributed by atoms with Crippen LogP contribution in [0.4, 0.5) is 5.69 Å². The first-order valence-electron chi connectivity index (χ1n) is 8.81. The van der Waals surface area contributed by atoms with Crippen molar-refractivity contribution >= 4 is 44.8 Å². The van der Waals surface area contributed by atoms with E-state index in [2.05, 4.69) is 11.4 Å². The zero-order valence-electron chi connectivity index (χ0n) is 16.3. The largest absolute Gasteiger partial charge is 0.348 e. The average Bonchev–Trinajstić information content (AvgIpc) is 2.56. The van der Waals surface area contributed by atoms with Crippen LogP contribution in [-0.2, 0) is 14.8 Å². The molecule has 0 spiro atoms. The summed E-state index contributed by atoms with van der Waals surface area (Å²) in [4.78, 5) is 12.7. The van der Waals surface area contributed by atoms with Crippen LogP contribution in [0, 0.1) is 13.8 Å². The second-order valence-corrected chi connectivity index (χ2v) is 9.57. The summed E-state index contributed by atoms with van der Waals surface area (Å²) in [5.74, 6) is -0.409. The molecule has 152 valence electrons. The summed E-state index contributed by atoms with van der Waals surface area (Å²) < 4.78 is 25.5. The summed E-state index contributed by atoms with van der Waals surface area (Å²) in [6.45, 7) is 5.61. The number of halogens is 2. The van der Waals surface area contributed by atoms with Gasteiger partial charge in [0.15, 0.2) is 0 Å². The lowest BCUT2D eigenvalue weighted by Gasteiger charge is -2.25. The van der Waals surface area contributed by atoms with E-state index in [0.717, 1.165) is 27.3 Å². The van der Waals surface area contributed by atoms with Crippen LogP contribution < -0.4 is 9.62 Å². The van der Waals surface area contributed by atoms with E-state index in [0.29, 0.717) is 16.5 Å². The number of carbonyl (C=O) groups excluding carboxylic acids is 1. The van der Waals surface area contributed by atoms with Gasteiger partial charge in [-0.05, 0) is 49.6 Å². The van der Waals surface area contributed by atoms with E-state index in [9.17, 15) is 13.2 Å². The molecule has 5 nitrogen and oxygen atoms in total. The molecule has 0 unspecified atom stereocenters. The van der Waals surface area contributed by atoms with Gasteiger partial charge in [-0.1, -0.05) is 53.9 Å². The molecule has 0 fully saturated rings. The van der Waals surface area contributed by atoms with Crippen molar-refractivity contribution in [3.8, 4) is 0 Å². The zero-order chi connectivity index (χ0) is 21.1. The SMILES string of the molecule is CC[C@H](NC(=O)CN(c1cc(Cl)cc(Cl)c1)S(C)(=O)=O)c1ccc(C)cc1C. The number of aryl methyl sites for hydroxylation is 2. The molecule has 0 aromatic heterocycles. The molecule has 1 amide bonds. The molecule has 1 N–H and O–H groups in total. The van der Waals surface area contributed by atoms with Gasteiger partial charge < -0.3 is 5.32 Å². The fourth-order valence-electron chi connectivity index (χ4n) is 3.07. The number of nitrogens with zero attached hydrogens (tertiary/aromatic N) is 1. The number of anilines is 1. The van der Waals surface area contributed by atoms with E-state index < -0.39 is 15.9 Å². The van der Waals surface area contributed by atoms with E-state index in [1.807, 2.05) is 32.9 Å². The topological polar surface area (TPSA) is 66.5 Å². The van der Waals surface area contributed by atoms with Crippen molar-refractivity contribution < 1.29 is 13.2 Å². The molecule has 0 heterocycles. The molecule has 1 atom stereocenters. The Morgan fingerprint density at radius 3 is 2.21 bits per heavy atom. The Labute approximate surface area is 176 Å². The number of carbonyl (C=O) groups is 1. The molecule has 28 heavy (non-hydrogen) atoms. The number of sulfonamides is 1. The fourth-order valence-corrected chi connectivity index (χ4v) is 4.42. The highest BCUT2D eigenvalue weighted by Crippen LogP contribution is 2.27. The molecule has 8 heteroatoms. The second-order valence-electron chi connectivity index (χ2n) is 6.79. The lowest BCUT2D eigenvalue weighted by molar-refractivity contribution is -0.120. The van der Waals surface area contributed by atoms with Gasteiger partial charge in [0.2, 0.25) is 15.9 Å². The van der Waals surface area contributed by atoms with Crippen molar-refractivity contribution in [1.29, 1.82) is 0 Å². The Kier molecular flexibility index (Phi) is 7.37. The van der Waals surface area contributed by atoms with Crippen LogP contribution in [0.15, 0.2) is 36.4 Å². The Morgan fingerprint density at radius 1 is 1.11 bits per heavy atom. The highest BCUT2D eigenvalue weighted by atomic mass is 35.5. The number of benzene rings is 2. The van der Waals surface area contributed by atoms with E-state index in [4.69, 9.17) is 23.2 Å². The van der Waals surface area contributed by atoms with Gasteiger partial charge in [0.05, 0.1) is 18.0 Å². The van der Waals surface area contributed by atoms with Crippen LogP contribution in [0.25, 0.3) is 0 Å². The minimum Gasteiger partial charge on any atom is -0.348 e. The molecule has 0 saturated carbocycles. The maximum absolute atomic E-state index is 12.7. The van der Waals surface area contributed by atoms with Crippen LogP contribution >= 0.6 is 23.2 Å². The first-order chi connectivity index (χ1) is 13.0. The molecule has 0 aliphatic rings.